The summed E-state index contributed by atoms with van der Waals surface area (Å²) < 4.78 is 5.46. The van der Waals surface area contributed by atoms with Crippen molar-refractivity contribution in [3.05, 3.63) is 16.1 Å². The SMILES string of the molecule is CCOC(C)c1ncc(C(=O)N(C)CCNC)s1.Cl.Cl. The maximum Gasteiger partial charge on any atom is 0.265 e. The van der Waals surface area contributed by atoms with Crippen LogP contribution in [0.2, 0.25) is 0 Å². The molecule has 1 atom stereocenters. The van der Waals surface area contributed by atoms with Crippen molar-refractivity contribution in [2.24, 2.45) is 0 Å². The molecule has 1 heterocycles. The van der Waals surface area contributed by atoms with Crippen LogP contribution < -0.4 is 5.32 Å². The zero-order chi connectivity index (χ0) is 13.5. The minimum absolute atomic E-state index is 0. The molecule has 0 saturated carbocycles. The minimum atomic E-state index is -0.0517. The lowest BCUT2D eigenvalue weighted by Crippen LogP contribution is -2.32. The Morgan fingerprint density at radius 2 is 2.20 bits per heavy atom. The Hall–Kier alpha value is -0.400. The molecule has 20 heavy (non-hydrogen) atoms. The third kappa shape index (κ3) is 6.37. The van der Waals surface area contributed by atoms with Crippen molar-refractivity contribution >= 4 is 42.1 Å². The number of amides is 1. The summed E-state index contributed by atoms with van der Waals surface area (Å²) in [6.07, 6.45) is 1.58. The van der Waals surface area contributed by atoms with Crippen molar-refractivity contribution in [2.75, 3.05) is 33.8 Å². The first-order valence-corrected chi connectivity index (χ1v) is 6.89. The highest BCUT2D eigenvalue weighted by atomic mass is 35.5. The Morgan fingerprint density at radius 1 is 1.55 bits per heavy atom. The van der Waals surface area contributed by atoms with E-state index in [0.29, 0.717) is 18.0 Å². The number of carbonyl (C=O) groups is 1. The van der Waals surface area contributed by atoms with Gasteiger partial charge in [0.1, 0.15) is 16.0 Å². The van der Waals surface area contributed by atoms with E-state index in [1.54, 1.807) is 18.1 Å². The molecule has 0 saturated heterocycles. The van der Waals surface area contributed by atoms with Gasteiger partial charge in [0.05, 0.1) is 6.20 Å². The second-order valence-corrected chi connectivity index (χ2v) is 5.05. The van der Waals surface area contributed by atoms with Gasteiger partial charge in [-0.15, -0.1) is 36.2 Å². The molecule has 0 spiro atoms. The molecule has 0 radical (unpaired) electrons. The molecule has 0 aromatic carbocycles. The highest BCUT2D eigenvalue weighted by Gasteiger charge is 2.17. The van der Waals surface area contributed by atoms with Gasteiger partial charge in [-0.3, -0.25) is 4.79 Å². The summed E-state index contributed by atoms with van der Waals surface area (Å²) in [7, 11) is 3.66. The van der Waals surface area contributed by atoms with Crippen LogP contribution in [0.4, 0.5) is 0 Å². The summed E-state index contributed by atoms with van der Waals surface area (Å²) in [6, 6.07) is 0. The van der Waals surface area contributed by atoms with E-state index < -0.39 is 0 Å². The van der Waals surface area contributed by atoms with Gasteiger partial charge in [-0.05, 0) is 20.9 Å². The number of nitrogens with zero attached hydrogens (tertiary/aromatic N) is 2. The normalized spacial score (nSPS) is 11.2. The zero-order valence-electron chi connectivity index (χ0n) is 12.2. The average molecular weight is 344 g/mol. The minimum Gasteiger partial charge on any atom is -0.372 e. The van der Waals surface area contributed by atoms with E-state index in [1.807, 2.05) is 20.9 Å². The number of halogens is 2. The summed E-state index contributed by atoms with van der Waals surface area (Å²) in [5.41, 5.74) is 0. The Bertz CT molecular complexity index is 391. The number of rotatable bonds is 7. The molecule has 1 amide bonds. The molecule has 8 heteroatoms. The summed E-state index contributed by atoms with van der Waals surface area (Å²) >= 11 is 1.40. The number of hydrogen-bond donors (Lipinski definition) is 1. The van der Waals surface area contributed by atoms with Crippen molar-refractivity contribution in [3.63, 3.8) is 0 Å². The number of thiazole rings is 1. The van der Waals surface area contributed by atoms with E-state index in [0.717, 1.165) is 11.6 Å². The van der Waals surface area contributed by atoms with Crippen LogP contribution in [0.5, 0.6) is 0 Å². The van der Waals surface area contributed by atoms with Crippen LogP contribution in [-0.4, -0.2) is 49.6 Å². The number of carbonyl (C=O) groups excluding carboxylic acids is 1. The highest BCUT2D eigenvalue weighted by Crippen LogP contribution is 2.23. The highest BCUT2D eigenvalue weighted by molar-refractivity contribution is 7.13. The van der Waals surface area contributed by atoms with Gasteiger partial charge in [-0.2, -0.15) is 0 Å². The van der Waals surface area contributed by atoms with E-state index >= 15 is 0 Å². The largest absolute Gasteiger partial charge is 0.372 e. The second kappa shape index (κ2) is 11.3. The maximum atomic E-state index is 12.1. The quantitative estimate of drug-likeness (QED) is 0.825. The van der Waals surface area contributed by atoms with E-state index in [1.165, 1.54) is 11.3 Å². The average Bonchev–Trinajstić information content (AvgIpc) is 2.84. The van der Waals surface area contributed by atoms with Crippen LogP contribution in [0.15, 0.2) is 6.20 Å². The monoisotopic (exact) mass is 343 g/mol. The standard InChI is InChI=1S/C12H21N3O2S.2ClH/c1-5-17-9(2)11-14-8-10(18-11)12(16)15(4)7-6-13-3;;/h8-9,13H,5-7H2,1-4H3;2*1H. The van der Waals surface area contributed by atoms with Crippen LogP contribution in [0.1, 0.15) is 34.6 Å². The predicted molar refractivity (Wildman–Crippen MR) is 87.5 cm³/mol. The third-order valence-corrected chi connectivity index (χ3v) is 3.69. The summed E-state index contributed by atoms with van der Waals surface area (Å²) in [6.45, 7) is 6.00. The molecule has 0 aliphatic heterocycles. The van der Waals surface area contributed by atoms with Crippen LogP contribution >= 0.6 is 36.2 Å². The lowest BCUT2D eigenvalue weighted by atomic mass is 10.4. The number of aromatic nitrogens is 1. The van der Waals surface area contributed by atoms with Gasteiger partial charge in [0.2, 0.25) is 0 Å². The molecule has 0 aliphatic rings. The first-order chi connectivity index (χ1) is 8.60. The second-order valence-electron chi connectivity index (χ2n) is 3.99. The molecule has 1 N–H and O–H groups in total. The molecule has 0 fully saturated rings. The Labute approximate surface area is 136 Å². The molecular formula is C12H23Cl2N3O2S. The third-order valence-electron chi connectivity index (χ3n) is 2.54. The Kier molecular flexibility index (Phi) is 12.3. The summed E-state index contributed by atoms with van der Waals surface area (Å²) in [4.78, 5) is 18.7. The van der Waals surface area contributed by atoms with Crippen molar-refractivity contribution in [1.82, 2.24) is 15.2 Å². The summed E-state index contributed by atoms with van der Waals surface area (Å²) in [5.74, 6) is 0.0118. The van der Waals surface area contributed by atoms with Gasteiger partial charge in [-0.25, -0.2) is 4.98 Å². The Balaban J connectivity index is 0. The van der Waals surface area contributed by atoms with Crippen LogP contribution in [0.3, 0.4) is 0 Å². The van der Waals surface area contributed by atoms with Gasteiger partial charge in [-0.1, -0.05) is 0 Å². The number of hydrogen-bond acceptors (Lipinski definition) is 5. The van der Waals surface area contributed by atoms with E-state index in [9.17, 15) is 4.79 Å². The summed E-state index contributed by atoms with van der Waals surface area (Å²) in [5, 5.41) is 3.87. The molecule has 0 bridgehead atoms. The van der Waals surface area contributed by atoms with Crippen molar-refractivity contribution in [2.45, 2.75) is 20.0 Å². The molecule has 1 unspecified atom stereocenters. The molecule has 118 valence electrons. The van der Waals surface area contributed by atoms with Crippen LogP contribution in [0, 0.1) is 0 Å². The van der Waals surface area contributed by atoms with Crippen molar-refractivity contribution < 1.29 is 9.53 Å². The predicted octanol–water partition coefficient (Wildman–Crippen LogP) is 2.38. The van der Waals surface area contributed by atoms with Gasteiger partial charge >= 0.3 is 0 Å². The fraction of sp³-hybridized carbons (Fsp3) is 0.667. The first kappa shape index (κ1) is 21.9. The lowest BCUT2D eigenvalue weighted by molar-refractivity contribution is 0.0762. The van der Waals surface area contributed by atoms with Gasteiger partial charge in [0, 0.05) is 26.7 Å². The van der Waals surface area contributed by atoms with E-state index in [4.69, 9.17) is 4.74 Å². The zero-order valence-corrected chi connectivity index (χ0v) is 14.7. The molecule has 0 aliphatic carbocycles. The van der Waals surface area contributed by atoms with Gasteiger partial charge in [0.15, 0.2) is 0 Å². The molecule has 1 rings (SSSR count). The molecule has 1 aromatic heterocycles. The fourth-order valence-corrected chi connectivity index (χ4v) is 2.38. The first-order valence-electron chi connectivity index (χ1n) is 6.07. The Morgan fingerprint density at radius 3 is 2.75 bits per heavy atom. The number of ether oxygens (including phenoxy) is 1. The van der Waals surface area contributed by atoms with E-state index in [2.05, 4.69) is 10.3 Å². The van der Waals surface area contributed by atoms with Crippen LogP contribution in [-0.2, 0) is 4.74 Å². The smallest absolute Gasteiger partial charge is 0.265 e. The van der Waals surface area contributed by atoms with Crippen LogP contribution in [0.25, 0.3) is 0 Å². The topological polar surface area (TPSA) is 54.5 Å². The number of nitrogens with one attached hydrogen (secondary N) is 1. The molecular weight excluding hydrogens is 321 g/mol. The van der Waals surface area contributed by atoms with E-state index in [-0.39, 0.29) is 36.8 Å². The maximum absolute atomic E-state index is 12.1. The van der Waals surface area contributed by atoms with Crippen molar-refractivity contribution in [1.29, 1.82) is 0 Å². The van der Waals surface area contributed by atoms with Gasteiger partial charge in [0.25, 0.3) is 5.91 Å². The van der Waals surface area contributed by atoms with Crippen molar-refractivity contribution in [3.8, 4) is 0 Å². The molecule has 1 aromatic rings. The van der Waals surface area contributed by atoms with Gasteiger partial charge < -0.3 is 15.0 Å². The lowest BCUT2D eigenvalue weighted by Gasteiger charge is -2.15. The molecule has 5 nitrogen and oxygen atoms in total. The fourth-order valence-electron chi connectivity index (χ4n) is 1.46. The number of likely N-dealkylation sites (N-methyl/N-ethyl adjacent to an activating group) is 2.